The number of carbonyl (C=O) groups is 4. The number of halogens is 1. The Labute approximate surface area is 364 Å². The molecule has 2 heterocycles. The number of nitrogens with zero attached hydrogens (tertiary/aromatic N) is 1. The number of hydrogen-bond acceptors (Lipinski definition) is 12. The quantitative estimate of drug-likeness (QED) is 0.0820. The fourth-order valence-corrected chi connectivity index (χ4v) is 10.7. The van der Waals surface area contributed by atoms with Gasteiger partial charge < -0.3 is 45.9 Å². The van der Waals surface area contributed by atoms with Crippen LogP contribution in [-0.2, 0) is 82.6 Å². The molecule has 0 saturated carbocycles. The van der Waals surface area contributed by atoms with Crippen LogP contribution in [0.4, 0.5) is 0 Å². The van der Waals surface area contributed by atoms with Crippen molar-refractivity contribution in [2.75, 3.05) is 32.9 Å². The van der Waals surface area contributed by atoms with Crippen molar-refractivity contribution < 1.29 is 70.0 Å². The Balaban J connectivity index is 0.000000260. The van der Waals surface area contributed by atoms with Gasteiger partial charge in [-0.25, -0.2) is 0 Å². The molecule has 0 N–H and O–H groups in total. The van der Waals surface area contributed by atoms with Crippen LogP contribution in [0.5, 0.6) is 0 Å². The van der Waals surface area contributed by atoms with Gasteiger partial charge in [0.05, 0.1) is 26.8 Å². The van der Waals surface area contributed by atoms with Gasteiger partial charge in [0.15, 0.2) is 12.2 Å². The van der Waals surface area contributed by atoms with Crippen molar-refractivity contribution in [3.05, 3.63) is 112 Å². The van der Waals surface area contributed by atoms with E-state index >= 15 is 0 Å². The van der Waals surface area contributed by atoms with Crippen molar-refractivity contribution in [3.8, 4) is 0 Å². The summed E-state index contributed by atoms with van der Waals surface area (Å²) in [6.07, 6.45) is 0.146. The van der Waals surface area contributed by atoms with Crippen LogP contribution in [0.25, 0.3) is 6.08 Å². The van der Waals surface area contributed by atoms with Crippen molar-refractivity contribution >= 4 is 77.0 Å². The van der Waals surface area contributed by atoms with Gasteiger partial charge in [-0.15, -0.1) is 0 Å². The number of ether oxygens (including phenoxy) is 6. The zero-order valence-corrected chi connectivity index (χ0v) is 37.7. The summed E-state index contributed by atoms with van der Waals surface area (Å²) in [6, 6.07) is 30.8. The predicted molar refractivity (Wildman–Crippen MR) is 221 cm³/mol. The Bertz CT molecular complexity index is 1860. The molecule has 1 radical (unpaired) electrons. The first kappa shape index (κ1) is 46.4. The molecule has 15 heteroatoms. The second-order valence-electron chi connectivity index (χ2n) is 13.3. The third-order valence-electron chi connectivity index (χ3n) is 9.17. The summed E-state index contributed by atoms with van der Waals surface area (Å²) in [7, 11) is -1.06. The molecule has 0 amide bonds. The normalized spacial score (nSPS) is 22.5. The fraction of sp³-hybridized carbons (Fsp3) is 0.381. The number of morpholine rings is 1. The molecule has 1 aliphatic carbocycles. The number of hydrogen-bond donors (Lipinski definition) is 0. The monoisotopic (exact) mass is 1060 g/mol. The van der Waals surface area contributed by atoms with Gasteiger partial charge in [0, 0.05) is 74.1 Å². The van der Waals surface area contributed by atoms with Crippen LogP contribution in [0, 0.1) is 0 Å². The Morgan fingerprint density at radius 1 is 0.754 bits per heavy atom. The van der Waals surface area contributed by atoms with Crippen LogP contribution in [-0.4, -0.2) is 91.5 Å². The summed E-state index contributed by atoms with van der Waals surface area (Å²) in [5, 5.41) is 4.56. The van der Waals surface area contributed by atoms with Crippen molar-refractivity contribution in [2.24, 2.45) is 0 Å². The summed E-state index contributed by atoms with van der Waals surface area (Å²) in [6.45, 7) is 7.90. The summed E-state index contributed by atoms with van der Waals surface area (Å²) in [4.78, 5) is 47.6. The fourth-order valence-electron chi connectivity index (χ4n) is 6.95. The zero-order valence-electron chi connectivity index (χ0n) is 32.1. The van der Waals surface area contributed by atoms with E-state index in [1.807, 2.05) is 0 Å². The Morgan fingerprint density at radius 2 is 1.28 bits per heavy atom. The average molecular weight is 1070 g/mol. The van der Waals surface area contributed by atoms with E-state index in [1.165, 1.54) is 34.4 Å². The minimum Gasteiger partial charge on any atom is -0.757 e. The van der Waals surface area contributed by atoms with E-state index in [9.17, 15) is 19.2 Å². The molecule has 5 unspecified atom stereocenters. The van der Waals surface area contributed by atoms with Gasteiger partial charge in [-0.1, -0.05) is 70.5 Å². The number of benzene rings is 3. The van der Waals surface area contributed by atoms with Crippen LogP contribution in [0.2, 0.25) is 0 Å². The van der Waals surface area contributed by atoms with Gasteiger partial charge in [-0.05, 0) is 59.4 Å². The summed E-state index contributed by atoms with van der Waals surface area (Å²) < 4.78 is 32.5. The molecule has 0 spiro atoms. The van der Waals surface area contributed by atoms with Crippen LogP contribution >= 0.6 is 23.9 Å². The van der Waals surface area contributed by atoms with Gasteiger partial charge in [0.25, 0.3) is 0 Å². The van der Waals surface area contributed by atoms with E-state index in [0.717, 1.165) is 64.4 Å². The van der Waals surface area contributed by atoms with Crippen molar-refractivity contribution in [3.63, 3.8) is 0 Å². The SMILES string of the molecule is Brc1ccccc1/C=C1\CCC([PH+](c2ccccc2)c2ccccc2)=C1N1CCOCC1.CC(=O)OCC1OC([S-])C(OC(C)=O)C(OC(C)=O)C1OC(C)=O.[Au]. The smallest absolute Gasteiger partial charge is 0.303 e. The molecule has 2 fully saturated rings. The molecule has 57 heavy (non-hydrogen) atoms. The van der Waals surface area contributed by atoms with Crippen LogP contribution in [0.15, 0.2) is 106 Å². The van der Waals surface area contributed by atoms with Gasteiger partial charge in [0.1, 0.15) is 34.7 Å². The minimum atomic E-state index is -1.19. The third kappa shape index (κ3) is 13.1. The maximum absolute atomic E-state index is 11.4. The number of rotatable bonds is 10. The molecule has 2 aliphatic heterocycles. The molecule has 3 aromatic carbocycles. The maximum atomic E-state index is 11.4. The van der Waals surface area contributed by atoms with Crippen molar-refractivity contribution in [2.45, 2.75) is 70.4 Å². The Morgan fingerprint density at radius 3 is 1.82 bits per heavy atom. The first-order valence-electron chi connectivity index (χ1n) is 18.4. The number of carbonyl (C=O) groups excluding carboxylic acids is 4. The number of allylic oxidation sites excluding steroid dienone is 2. The van der Waals surface area contributed by atoms with E-state index in [2.05, 4.69) is 112 Å². The van der Waals surface area contributed by atoms with E-state index < -0.39 is 61.7 Å². The van der Waals surface area contributed by atoms with Gasteiger partial charge in [-0.3, -0.25) is 19.2 Å². The first-order chi connectivity index (χ1) is 26.9. The largest absolute Gasteiger partial charge is 0.757 e. The average Bonchev–Trinajstić information content (AvgIpc) is 3.58. The van der Waals surface area contributed by atoms with E-state index in [0.29, 0.717) is 0 Å². The second-order valence-corrected chi connectivity index (χ2v) is 17.1. The summed E-state index contributed by atoms with van der Waals surface area (Å²) in [5.41, 5.74) is 3.10. The third-order valence-corrected chi connectivity index (χ3v) is 13.2. The zero-order chi connectivity index (χ0) is 40.2. The standard InChI is InChI=1S/C28H27BrNOP.C14H20O9S.Au/c29-26-14-8-7-9-22(26)21-23-15-16-27(28(23)30-17-19-31-20-18-30)32(24-10-3-1-4-11-24)25-12-5-2-6-13-25;1-6(15)19-5-10-11(20-7(2)16)12(21-8(3)17)13(14(24)23-10)22-9(4)18;/h1-14,21H,15-20H2;10-14,24H,5H2,1-4H3;/b23-21+;;. The minimum absolute atomic E-state index is 0. The molecule has 309 valence electrons. The van der Waals surface area contributed by atoms with Gasteiger partial charge in [0.2, 0.25) is 0 Å². The molecule has 6 rings (SSSR count). The van der Waals surface area contributed by atoms with E-state index in [1.54, 1.807) is 5.31 Å². The Hall–Kier alpha value is -3.26. The molecule has 0 bridgehead atoms. The molecule has 2 saturated heterocycles. The molecule has 0 aromatic heterocycles. The van der Waals surface area contributed by atoms with E-state index in [-0.39, 0.29) is 29.0 Å². The number of esters is 4. The first-order valence-corrected chi connectivity index (χ1v) is 21.1. The van der Waals surface area contributed by atoms with Crippen LogP contribution in [0.1, 0.15) is 46.1 Å². The molecule has 3 aromatic rings. The van der Waals surface area contributed by atoms with Crippen molar-refractivity contribution in [1.29, 1.82) is 0 Å². The maximum Gasteiger partial charge on any atom is 0.303 e. The van der Waals surface area contributed by atoms with Crippen molar-refractivity contribution in [1.82, 2.24) is 4.90 Å². The van der Waals surface area contributed by atoms with Gasteiger partial charge in [-0.2, -0.15) is 0 Å². The van der Waals surface area contributed by atoms with Gasteiger partial charge >= 0.3 is 23.9 Å². The second kappa shape index (κ2) is 22.8. The topological polar surface area (TPSA) is 127 Å². The summed E-state index contributed by atoms with van der Waals surface area (Å²) >= 11 is 8.86. The molecule has 5 atom stereocenters. The van der Waals surface area contributed by atoms with Crippen LogP contribution < -0.4 is 10.6 Å². The molecule has 11 nitrogen and oxygen atoms in total. The predicted octanol–water partition coefficient (Wildman–Crippen LogP) is 5.65. The molecule has 3 aliphatic rings. The van der Waals surface area contributed by atoms with Crippen LogP contribution in [0.3, 0.4) is 0 Å². The van der Waals surface area contributed by atoms with E-state index in [4.69, 9.17) is 41.0 Å². The molecular weight excluding hydrogens is 1020 g/mol. The molecular formula is C42H47AuBrNO10PS. The Kier molecular flexibility index (Phi) is 18.5. The summed E-state index contributed by atoms with van der Waals surface area (Å²) in [5.74, 6) is -2.62.